The number of hydrogen-bond donors (Lipinski definition) is 1. The molecule has 1 aromatic heterocycles. The van der Waals surface area contributed by atoms with Gasteiger partial charge >= 0.3 is 0 Å². The average Bonchev–Trinajstić information content (AvgIpc) is 3.09. The van der Waals surface area contributed by atoms with Crippen molar-refractivity contribution in [2.75, 3.05) is 4.72 Å². The second-order valence-corrected chi connectivity index (χ2v) is 8.60. The molecule has 0 bridgehead atoms. The van der Waals surface area contributed by atoms with E-state index in [0.29, 0.717) is 10.2 Å². The minimum atomic E-state index is -3.70. The third kappa shape index (κ3) is 3.31. The van der Waals surface area contributed by atoms with Crippen LogP contribution in [0.15, 0.2) is 77.0 Å². The summed E-state index contributed by atoms with van der Waals surface area (Å²) < 4.78 is 27.5. The second kappa shape index (κ2) is 6.72. The quantitative estimate of drug-likeness (QED) is 0.497. The zero-order valence-corrected chi connectivity index (χ0v) is 15.8. The van der Waals surface area contributed by atoms with Crippen LogP contribution in [0.1, 0.15) is 0 Å². The summed E-state index contributed by atoms with van der Waals surface area (Å²) in [7, 11) is -3.70. The molecular weight excluding hydrogens is 388 g/mol. The molecule has 0 saturated heterocycles. The molecule has 130 valence electrons. The van der Waals surface area contributed by atoms with E-state index in [1.165, 1.54) is 23.5 Å². The topological polar surface area (TPSA) is 59.1 Å². The molecule has 4 nitrogen and oxygen atoms in total. The lowest BCUT2D eigenvalue weighted by atomic mass is 10.0. The van der Waals surface area contributed by atoms with Crippen molar-refractivity contribution in [3.05, 3.63) is 77.1 Å². The molecule has 4 aromatic rings. The van der Waals surface area contributed by atoms with Gasteiger partial charge in [-0.1, -0.05) is 54.1 Å². The Bertz CT molecular complexity index is 1180. The van der Waals surface area contributed by atoms with Gasteiger partial charge in [0.25, 0.3) is 10.0 Å². The van der Waals surface area contributed by atoms with Crippen LogP contribution in [0.5, 0.6) is 0 Å². The van der Waals surface area contributed by atoms with Crippen molar-refractivity contribution < 1.29 is 8.42 Å². The highest BCUT2D eigenvalue weighted by atomic mass is 35.5. The van der Waals surface area contributed by atoms with Gasteiger partial charge in [0.05, 0.1) is 10.6 Å². The Morgan fingerprint density at radius 3 is 2.46 bits per heavy atom. The maximum Gasteiger partial charge on any atom is 0.263 e. The molecule has 0 saturated carbocycles. The predicted octanol–water partition coefficient (Wildman–Crippen LogP) is 5.42. The van der Waals surface area contributed by atoms with Gasteiger partial charge in [-0.25, -0.2) is 13.4 Å². The molecule has 0 aliphatic rings. The van der Waals surface area contributed by atoms with E-state index < -0.39 is 10.0 Å². The number of thiazole rings is 1. The monoisotopic (exact) mass is 400 g/mol. The molecule has 0 atom stereocenters. The molecule has 0 radical (unpaired) electrons. The van der Waals surface area contributed by atoms with E-state index in [0.717, 1.165) is 22.0 Å². The first-order valence-corrected chi connectivity index (χ1v) is 10.5. The zero-order chi connectivity index (χ0) is 18.1. The van der Waals surface area contributed by atoms with E-state index in [1.807, 2.05) is 47.8 Å². The Labute approximate surface area is 160 Å². The number of aromatic nitrogens is 1. The third-order valence-electron chi connectivity index (χ3n) is 3.92. The van der Waals surface area contributed by atoms with Gasteiger partial charge in [-0.2, -0.15) is 0 Å². The van der Waals surface area contributed by atoms with Crippen LogP contribution in [-0.2, 0) is 10.0 Å². The van der Waals surface area contributed by atoms with Gasteiger partial charge < -0.3 is 0 Å². The van der Waals surface area contributed by atoms with Crippen molar-refractivity contribution >= 4 is 48.9 Å². The Kier molecular flexibility index (Phi) is 4.40. The Hall–Kier alpha value is -2.41. The Balaban J connectivity index is 1.67. The molecule has 0 unspecified atom stereocenters. The molecule has 1 heterocycles. The highest BCUT2D eigenvalue weighted by Gasteiger charge is 2.17. The van der Waals surface area contributed by atoms with Gasteiger partial charge in [0.2, 0.25) is 0 Å². The van der Waals surface area contributed by atoms with E-state index in [9.17, 15) is 8.42 Å². The standard InChI is InChI=1S/C19H13ClN2O2S2/c20-14-8-10-15(11-9-14)26(23,24)22-19-21-18(12-25-19)17-7-3-5-13-4-1-2-6-16(13)17/h1-12H,(H,21,22). The van der Waals surface area contributed by atoms with Crippen LogP contribution < -0.4 is 4.72 Å². The smallest absolute Gasteiger partial charge is 0.255 e. The van der Waals surface area contributed by atoms with E-state index >= 15 is 0 Å². The van der Waals surface area contributed by atoms with Gasteiger partial charge in [-0.15, -0.1) is 11.3 Å². The summed E-state index contributed by atoms with van der Waals surface area (Å²) >= 11 is 7.07. The minimum Gasteiger partial charge on any atom is -0.255 e. The first-order chi connectivity index (χ1) is 12.5. The van der Waals surface area contributed by atoms with E-state index in [-0.39, 0.29) is 4.90 Å². The number of fused-ring (bicyclic) bond motifs is 1. The van der Waals surface area contributed by atoms with Gasteiger partial charge in [0, 0.05) is 16.0 Å². The molecule has 4 rings (SSSR count). The number of nitrogens with one attached hydrogen (secondary N) is 1. The molecule has 0 spiro atoms. The number of sulfonamides is 1. The summed E-state index contributed by atoms with van der Waals surface area (Å²) in [4.78, 5) is 4.60. The zero-order valence-electron chi connectivity index (χ0n) is 13.4. The molecule has 7 heteroatoms. The highest BCUT2D eigenvalue weighted by molar-refractivity contribution is 7.93. The van der Waals surface area contributed by atoms with Crippen LogP contribution in [0.4, 0.5) is 5.13 Å². The van der Waals surface area contributed by atoms with Crippen molar-refractivity contribution in [2.45, 2.75) is 4.90 Å². The van der Waals surface area contributed by atoms with E-state index in [4.69, 9.17) is 11.6 Å². The van der Waals surface area contributed by atoms with Crippen LogP contribution in [0, 0.1) is 0 Å². The average molecular weight is 401 g/mol. The summed E-state index contributed by atoms with van der Waals surface area (Å²) in [6.07, 6.45) is 0. The normalized spacial score (nSPS) is 11.6. The summed E-state index contributed by atoms with van der Waals surface area (Å²) in [5, 5.41) is 4.84. The number of hydrogen-bond acceptors (Lipinski definition) is 4. The molecule has 0 amide bonds. The largest absolute Gasteiger partial charge is 0.263 e. The molecular formula is C19H13ClN2O2S2. The first kappa shape index (κ1) is 17.0. The molecule has 3 aromatic carbocycles. The second-order valence-electron chi connectivity index (χ2n) is 5.62. The van der Waals surface area contributed by atoms with Crippen molar-refractivity contribution in [1.29, 1.82) is 0 Å². The summed E-state index contributed by atoms with van der Waals surface area (Å²) in [6, 6.07) is 20.0. The fourth-order valence-electron chi connectivity index (χ4n) is 2.68. The fraction of sp³-hybridized carbons (Fsp3) is 0. The highest BCUT2D eigenvalue weighted by Crippen LogP contribution is 2.31. The lowest BCUT2D eigenvalue weighted by Crippen LogP contribution is -2.12. The van der Waals surface area contributed by atoms with Gasteiger partial charge in [0.1, 0.15) is 0 Å². The van der Waals surface area contributed by atoms with Crippen molar-refractivity contribution in [1.82, 2.24) is 4.98 Å². The lowest BCUT2D eigenvalue weighted by molar-refractivity contribution is 0.601. The SMILES string of the molecule is O=S(=O)(Nc1nc(-c2cccc3ccccc23)cs1)c1ccc(Cl)cc1. The number of rotatable bonds is 4. The first-order valence-electron chi connectivity index (χ1n) is 7.75. The molecule has 26 heavy (non-hydrogen) atoms. The van der Waals surface area contributed by atoms with Crippen LogP contribution in [-0.4, -0.2) is 13.4 Å². The van der Waals surface area contributed by atoms with E-state index in [2.05, 4.69) is 9.71 Å². The maximum atomic E-state index is 12.5. The summed E-state index contributed by atoms with van der Waals surface area (Å²) in [6.45, 7) is 0. The van der Waals surface area contributed by atoms with E-state index in [1.54, 1.807) is 12.1 Å². The van der Waals surface area contributed by atoms with Crippen molar-refractivity contribution in [3.63, 3.8) is 0 Å². The van der Waals surface area contributed by atoms with Crippen LogP contribution in [0.2, 0.25) is 5.02 Å². The predicted molar refractivity (Wildman–Crippen MR) is 107 cm³/mol. The van der Waals surface area contributed by atoms with Crippen LogP contribution >= 0.6 is 22.9 Å². The number of benzene rings is 3. The molecule has 0 aliphatic heterocycles. The lowest BCUT2D eigenvalue weighted by Gasteiger charge is -2.05. The fourth-order valence-corrected chi connectivity index (χ4v) is 4.77. The Morgan fingerprint density at radius 1 is 0.923 bits per heavy atom. The number of halogens is 1. The molecule has 0 aliphatic carbocycles. The van der Waals surface area contributed by atoms with Crippen molar-refractivity contribution in [3.8, 4) is 11.3 Å². The number of nitrogens with zero attached hydrogens (tertiary/aromatic N) is 1. The number of anilines is 1. The summed E-state index contributed by atoms with van der Waals surface area (Å²) in [5.74, 6) is 0. The third-order valence-corrected chi connectivity index (χ3v) is 6.41. The van der Waals surface area contributed by atoms with Gasteiger partial charge in [0.15, 0.2) is 5.13 Å². The van der Waals surface area contributed by atoms with Crippen LogP contribution in [0.25, 0.3) is 22.0 Å². The molecule has 0 fully saturated rings. The van der Waals surface area contributed by atoms with Gasteiger partial charge in [-0.05, 0) is 35.0 Å². The minimum absolute atomic E-state index is 0.142. The van der Waals surface area contributed by atoms with Crippen LogP contribution in [0.3, 0.4) is 0 Å². The maximum absolute atomic E-state index is 12.5. The Morgan fingerprint density at radius 2 is 1.65 bits per heavy atom. The van der Waals surface area contributed by atoms with Gasteiger partial charge in [-0.3, -0.25) is 4.72 Å². The van der Waals surface area contributed by atoms with Crippen molar-refractivity contribution in [2.24, 2.45) is 0 Å². The molecule has 1 N–H and O–H groups in total. The summed E-state index contributed by atoms with van der Waals surface area (Å²) in [5.41, 5.74) is 1.71.